The smallest absolute Gasteiger partial charge is 0.350 e. The Balaban J connectivity index is 1.94. The highest BCUT2D eigenvalue weighted by atomic mass is 32.1. The number of hydrogen-bond acceptors (Lipinski definition) is 10. The summed E-state index contributed by atoms with van der Waals surface area (Å²) >= 11 is 0.911. The van der Waals surface area contributed by atoms with Crippen molar-refractivity contribution in [3.63, 3.8) is 0 Å². The summed E-state index contributed by atoms with van der Waals surface area (Å²) in [5.74, 6) is -1.45. The number of methoxy groups -OCH3 is 3. The van der Waals surface area contributed by atoms with Crippen molar-refractivity contribution in [1.82, 2.24) is 4.98 Å². The lowest BCUT2D eigenvalue weighted by Gasteiger charge is -2.24. The number of Topliss-reactive ketones (excluding diaryl/α,β-unsaturated/α-hetero) is 1. The van der Waals surface area contributed by atoms with Crippen LogP contribution in [0, 0.1) is 13.8 Å². The Morgan fingerprint density at radius 3 is 2.42 bits per heavy atom. The lowest BCUT2D eigenvalue weighted by atomic mass is 9.93. The zero-order valence-electron chi connectivity index (χ0n) is 22.6. The standard InChI is InChI=1S/C29H28N2O8S/c1-7-12-39-28(35)26-16(3)30-29(40-26)31-23(17-8-11-20(37-5)21(14-17)38-6)22(25(33)27(31)34)24(32)19-10-9-18(36-4)13-15(19)2/h7-11,13-14,23,32H,1,12H2,2-6H3/b24-22+/t23-/m1/s1. The summed E-state index contributed by atoms with van der Waals surface area (Å²) < 4.78 is 21.2. The van der Waals surface area contributed by atoms with Crippen LogP contribution in [0.4, 0.5) is 5.13 Å². The molecule has 4 rings (SSSR count). The number of carbonyl (C=O) groups is 3. The molecule has 208 valence electrons. The molecule has 0 bridgehead atoms. The average Bonchev–Trinajstić information content (AvgIpc) is 3.46. The average molecular weight is 565 g/mol. The summed E-state index contributed by atoms with van der Waals surface area (Å²) in [6, 6.07) is 8.80. The maximum atomic E-state index is 13.6. The van der Waals surface area contributed by atoms with Crippen LogP contribution in [0.3, 0.4) is 0 Å². The van der Waals surface area contributed by atoms with Crippen LogP contribution >= 0.6 is 11.3 Å². The molecule has 2 heterocycles. The number of nitrogens with zero attached hydrogens (tertiary/aromatic N) is 2. The van der Waals surface area contributed by atoms with E-state index in [1.807, 2.05) is 0 Å². The summed E-state index contributed by atoms with van der Waals surface area (Å²) in [6.45, 7) is 6.90. The Kier molecular flexibility index (Phi) is 8.24. The number of hydrogen-bond donors (Lipinski definition) is 1. The minimum atomic E-state index is -1.09. The van der Waals surface area contributed by atoms with E-state index in [0.29, 0.717) is 39.6 Å². The van der Waals surface area contributed by atoms with Crippen molar-refractivity contribution in [3.05, 3.63) is 81.9 Å². The number of esters is 1. The monoisotopic (exact) mass is 564 g/mol. The zero-order chi connectivity index (χ0) is 29.1. The van der Waals surface area contributed by atoms with Crippen LogP contribution in [0.25, 0.3) is 5.76 Å². The van der Waals surface area contributed by atoms with Gasteiger partial charge in [-0.15, -0.1) is 0 Å². The van der Waals surface area contributed by atoms with Crippen molar-refractivity contribution in [1.29, 1.82) is 0 Å². The molecular formula is C29H28N2O8S. The van der Waals surface area contributed by atoms with Crippen LogP contribution < -0.4 is 19.1 Å². The van der Waals surface area contributed by atoms with E-state index in [1.165, 1.54) is 32.3 Å². The molecule has 1 aromatic heterocycles. The molecule has 40 heavy (non-hydrogen) atoms. The van der Waals surface area contributed by atoms with Crippen LogP contribution in [-0.4, -0.2) is 55.7 Å². The number of aliphatic hydroxyl groups excluding tert-OH is 1. The summed E-state index contributed by atoms with van der Waals surface area (Å²) in [5, 5.41) is 11.6. The molecule has 1 N–H and O–H groups in total. The topological polar surface area (TPSA) is 124 Å². The molecule has 1 amide bonds. The summed E-state index contributed by atoms with van der Waals surface area (Å²) in [4.78, 5) is 45.5. The minimum absolute atomic E-state index is 0.00285. The maximum absolute atomic E-state index is 13.6. The molecule has 0 saturated carbocycles. The fraction of sp³-hybridized carbons (Fsp3) is 0.241. The van der Waals surface area contributed by atoms with E-state index >= 15 is 0 Å². The molecule has 1 atom stereocenters. The molecule has 0 aliphatic carbocycles. The number of benzene rings is 2. The van der Waals surface area contributed by atoms with Gasteiger partial charge in [-0.1, -0.05) is 30.1 Å². The number of aliphatic hydroxyl groups is 1. The quantitative estimate of drug-likeness (QED) is 0.129. The fourth-order valence-corrected chi connectivity index (χ4v) is 5.40. The van der Waals surface area contributed by atoms with Gasteiger partial charge in [-0.3, -0.25) is 14.5 Å². The number of carbonyl (C=O) groups excluding carboxylic acids is 3. The predicted octanol–water partition coefficient (Wildman–Crippen LogP) is 4.75. The molecule has 1 aliphatic rings. The van der Waals surface area contributed by atoms with Crippen molar-refractivity contribution in [2.75, 3.05) is 32.8 Å². The van der Waals surface area contributed by atoms with Gasteiger partial charge in [0.15, 0.2) is 16.6 Å². The number of ether oxygens (including phenoxy) is 4. The van der Waals surface area contributed by atoms with E-state index in [1.54, 1.807) is 50.2 Å². The molecule has 2 aromatic carbocycles. The van der Waals surface area contributed by atoms with Crippen molar-refractivity contribution in [3.8, 4) is 17.2 Å². The second-order valence-corrected chi connectivity index (χ2v) is 9.74. The summed E-state index contributed by atoms with van der Waals surface area (Å²) in [5.41, 5.74) is 1.62. The number of thiazole rings is 1. The third-order valence-electron chi connectivity index (χ3n) is 6.37. The number of rotatable bonds is 9. The number of aryl methyl sites for hydroxylation is 2. The molecule has 0 spiro atoms. The van der Waals surface area contributed by atoms with Crippen LogP contribution in [0.1, 0.15) is 38.1 Å². The number of ketones is 1. The van der Waals surface area contributed by atoms with Gasteiger partial charge in [-0.25, -0.2) is 9.78 Å². The van der Waals surface area contributed by atoms with Crippen molar-refractivity contribution in [2.24, 2.45) is 0 Å². The Hall–Kier alpha value is -4.64. The first-order valence-electron chi connectivity index (χ1n) is 12.1. The second kappa shape index (κ2) is 11.6. The van der Waals surface area contributed by atoms with Gasteiger partial charge in [0, 0.05) is 5.56 Å². The first kappa shape index (κ1) is 28.4. The molecule has 11 heteroatoms. The largest absolute Gasteiger partial charge is 0.507 e. The first-order valence-corrected chi connectivity index (χ1v) is 12.9. The van der Waals surface area contributed by atoms with E-state index in [2.05, 4.69) is 11.6 Å². The number of amides is 1. The van der Waals surface area contributed by atoms with Gasteiger partial charge in [-0.05, 0) is 55.3 Å². The van der Waals surface area contributed by atoms with Gasteiger partial charge in [0.2, 0.25) is 0 Å². The summed E-state index contributed by atoms with van der Waals surface area (Å²) in [6.07, 6.45) is 1.44. The van der Waals surface area contributed by atoms with Crippen LogP contribution in [0.2, 0.25) is 0 Å². The zero-order valence-corrected chi connectivity index (χ0v) is 23.5. The van der Waals surface area contributed by atoms with Gasteiger partial charge >= 0.3 is 11.9 Å². The molecule has 3 aromatic rings. The number of aromatic nitrogens is 1. The second-order valence-electron chi connectivity index (χ2n) is 8.76. The maximum Gasteiger partial charge on any atom is 0.350 e. The molecule has 0 unspecified atom stereocenters. The molecule has 10 nitrogen and oxygen atoms in total. The van der Waals surface area contributed by atoms with Crippen molar-refractivity contribution >= 4 is 39.9 Å². The van der Waals surface area contributed by atoms with Gasteiger partial charge in [0.05, 0.1) is 38.6 Å². The van der Waals surface area contributed by atoms with Crippen molar-refractivity contribution < 1.29 is 38.4 Å². The minimum Gasteiger partial charge on any atom is -0.507 e. The van der Waals surface area contributed by atoms with Crippen LogP contribution in [-0.2, 0) is 14.3 Å². The lowest BCUT2D eigenvalue weighted by Crippen LogP contribution is -2.29. The molecular weight excluding hydrogens is 536 g/mol. The molecule has 1 saturated heterocycles. The third kappa shape index (κ3) is 5.03. The lowest BCUT2D eigenvalue weighted by molar-refractivity contribution is -0.132. The van der Waals surface area contributed by atoms with E-state index in [0.717, 1.165) is 11.3 Å². The third-order valence-corrected chi connectivity index (χ3v) is 7.50. The van der Waals surface area contributed by atoms with Gasteiger partial charge < -0.3 is 24.1 Å². The normalized spacial score (nSPS) is 16.1. The Labute approximate surface area is 235 Å². The van der Waals surface area contributed by atoms with Crippen LogP contribution in [0.15, 0.2) is 54.6 Å². The van der Waals surface area contributed by atoms with E-state index in [9.17, 15) is 19.5 Å². The fourth-order valence-electron chi connectivity index (χ4n) is 4.42. The molecule has 1 aliphatic heterocycles. The van der Waals surface area contributed by atoms with E-state index < -0.39 is 23.7 Å². The Morgan fingerprint density at radius 1 is 1.07 bits per heavy atom. The Bertz CT molecular complexity index is 1540. The highest BCUT2D eigenvalue weighted by Gasteiger charge is 2.48. The van der Waals surface area contributed by atoms with Gasteiger partial charge in [0.25, 0.3) is 5.78 Å². The van der Waals surface area contributed by atoms with Gasteiger partial charge in [-0.2, -0.15) is 0 Å². The molecule has 1 fully saturated rings. The van der Waals surface area contributed by atoms with E-state index in [4.69, 9.17) is 18.9 Å². The number of anilines is 1. The van der Waals surface area contributed by atoms with Gasteiger partial charge in [0.1, 0.15) is 23.0 Å². The highest BCUT2D eigenvalue weighted by molar-refractivity contribution is 7.17. The van der Waals surface area contributed by atoms with E-state index in [-0.39, 0.29) is 27.9 Å². The SMILES string of the molecule is C=CCOC(=O)c1sc(N2C(=O)C(=O)/C(=C(/O)c3ccc(OC)cc3C)[C@H]2c2ccc(OC)c(OC)c2)nc1C. The highest BCUT2D eigenvalue weighted by Crippen LogP contribution is 2.46. The van der Waals surface area contributed by atoms with Crippen LogP contribution in [0.5, 0.6) is 17.2 Å². The summed E-state index contributed by atoms with van der Waals surface area (Å²) in [7, 11) is 4.47. The first-order chi connectivity index (χ1) is 19.2. The molecule has 0 radical (unpaired) electrons. The Morgan fingerprint density at radius 2 is 1.80 bits per heavy atom. The van der Waals surface area contributed by atoms with Crippen molar-refractivity contribution in [2.45, 2.75) is 19.9 Å². The predicted molar refractivity (Wildman–Crippen MR) is 149 cm³/mol.